The van der Waals surface area contributed by atoms with Crippen LogP contribution in [0, 0.1) is 11.3 Å². The standard InChI is InChI=1S/C15H30N4O3S/c1-15(2)12(8-13(15)22-4)18-14(16-3)17-9-11-6-7-19(10-11)23(5,20)21/h11-13H,6-10H2,1-5H3,(H2,16,17,18). The van der Waals surface area contributed by atoms with Gasteiger partial charge < -0.3 is 15.4 Å². The van der Waals surface area contributed by atoms with E-state index in [4.69, 9.17) is 4.74 Å². The van der Waals surface area contributed by atoms with E-state index in [-0.39, 0.29) is 11.5 Å². The molecule has 0 bridgehead atoms. The number of hydrogen-bond acceptors (Lipinski definition) is 4. The summed E-state index contributed by atoms with van der Waals surface area (Å²) in [5, 5.41) is 6.78. The third-order valence-electron chi connectivity index (χ3n) is 5.27. The van der Waals surface area contributed by atoms with E-state index in [0.29, 0.717) is 25.0 Å². The summed E-state index contributed by atoms with van der Waals surface area (Å²) < 4.78 is 30.1. The van der Waals surface area contributed by atoms with Crippen molar-refractivity contribution in [3.05, 3.63) is 0 Å². The normalized spacial score (nSPS) is 31.7. The van der Waals surface area contributed by atoms with Crippen LogP contribution in [0.3, 0.4) is 0 Å². The summed E-state index contributed by atoms with van der Waals surface area (Å²) in [7, 11) is 0.437. The summed E-state index contributed by atoms with van der Waals surface area (Å²) >= 11 is 0. The average Bonchev–Trinajstić information content (AvgIpc) is 2.95. The van der Waals surface area contributed by atoms with E-state index >= 15 is 0 Å². The fraction of sp³-hybridized carbons (Fsp3) is 0.933. The van der Waals surface area contributed by atoms with Crippen LogP contribution >= 0.6 is 0 Å². The van der Waals surface area contributed by atoms with Crippen molar-refractivity contribution < 1.29 is 13.2 Å². The van der Waals surface area contributed by atoms with Gasteiger partial charge in [-0.15, -0.1) is 0 Å². The number of ether oxygens (including phenoxy) is 1. The van der Waals surface area contributed by atoms with Crippen molar-refractivity contribution in [2.75, 3.05) is 40.0 Å². The molecular weight excluding hydrogens is 316 g/mol. The highest BCUT2D eigenvalue weighted by Crippen LogP contribution is 2.42. The molecule has 23 heavy (non-hydrogen) atoms. The van der Waals surface area contributed by atoms with E-state index < -0.39 is 10.0 Å². The highest BCUT2D eigenvalue weighted by Gasteiger charge is 2.48. The minimum absolute atomic E-state index is 0.0762. The Morgan fingerprint density at radius 3 is 2.61 bits per heavy atom. The smallest absolute Gasteiger partial charge is 0.211 e. The summed E-state index contributed by atoms with van der Waals surface area (Å²) in [6.07, 6.45) is 3.40. The van der Waals surface area contributed by atoms with Crippen LogP contribution in [0.5, 0.6) is 0 Å². The van der Waals surface area contributed by atoms with Crippen LogP contribution in [0.2, 0.25) is 0 Å². The molecule has 2 aliphatic rings. The summed E-state index contributed by atoms with van der Waals surface area (Å²) in [5.41, 5.74) is 0.0762. The molecule has 0 spiro atoms. The van der Waals surface area contributed by atoms with Gasteiger partial charge in [-0.3, -0.25) is 4.99 Å². The lowest BCUT2D eigenvalue weighted by atomic mass is 9.64. The van der Waals surface area contributed by atoms with E-state index in [1.807, 2.05) is 0 Å². The fourth-order valence-corrected chi connectivity index (χ4v) is 4.31. The van der Waals surface area contributed by atoms with Gasteiger partial charge in [0.15, 0.2) is 5.96 Å². The van der Waals surface area contributed by atoms with Gasteiger partial charge in [0.25, 0.3) is 0 Å². The van der Waals surface area contributed by atoms with Crippen molar-refractivity contribution in [2.45, 2.75) is 38.8 Å². The molecule has 1 saturated heterocycles. The molecule has 3 atom stereocenters. The van der Waals surface area contributed by atoms with Crippen molar-refractivity contribution in [2.24, 2.45) is 16.3 Å². The lowest BCUT2D eigenvalue weighted by Gasteiger charge is -2.51. The topological polar surface area (TPSA) is 83.0 Å². The van der Waals surface area contributed by atoms with E-state index in [1.54, 1.807) is 18.5 Å². The van der Waals surface area contributed by atoms with Crippen molar-refractivity contribution in [3.8, 4) is 0 Å². The van der Waals surface area contributed by atoms with Gasteiger partial charge in [-0.1, -0.05) is 13.8 Å². The number of rotatable bonds is 5. The molecule has 1 saturated carbocycles. The lowest BCUT2D eigenvalue weighted by Crippen LogP contribution is -2.63. The number of guanidine groups is 1. The highest BCUT2D eigenvalue weighted by molar-refractivity contribution is 7.88. The van der Waals surface area contributed by atoms with Crippen molar-refractivity contribution in [1.82, 2.24) is 14.9 Å². The monoisotopic (exact) mass is 346 g/mol. The molecule has 0 amide bonds. The third-order valence-corrected chi connectivity index (χ3v) is 6.54. The van der Waals surface area contributed by atoms with Crippen LogP contribution in [0.1, 0.15) is 26.7 Å². The van der Waals surface area contributed by atoms with E-state index in [1.165, 1.54) is 6.26 Å². The van der Waals surface area contributed by atoms with Gasteiger partial charge in [0, 0.05) is 45.2 Å². The molecule has 2 rings (SSSR count). The van der Waals surface area contributed by atoms with Crippen molar-refractivity contribution >= 4 is 16.0 Å². The van der Waals surface area contributed by atoms with Crippen LogP contribution in [0.25, 0.3) is 0 Å². The molecule has 1 aliphatic heterocycles. The molecule has 3 unspecified atom stereocenters. The molecular formula is C15H30N4O3S. The first kappa shape index (κ1) is 18.5. The van der Waals surface area contributed by atoms with Crippen molar-refractivity contribution in [3.63, 3.8) is 0 Å². The minimum atomic E-state index is -3.07. The Kier molecular flexibility index (Phi) is 5.58. The molecule has 1 aliphatic carbocycles. The summed E-state index contributed by atoms with van der Waals surface area (Å²) in [6, 6.07) is 0.328. The Bertz CT molecular complexity index is 547. The maximum atomic E-state index is 11.6. The molecule has 0 aromatic heterocycles. The molecule has 8 heteroatoms. The van der Waals surface area contributed by atoms with Gasteiger partial charge >= 0.3 is 0 Å². The minimum Gasteiger partial charge on any atom is -0.381 e. The molecule has 134 valence electrons. The highest BCUT2D eigenvalue weighted by atomic mass is 32.2. The lowest BCUT2D eigenvalue weighted by molar-refractivity contribution is -0.0922. The predicted octanol–water partition coefficient (Wildman–Crippen LogP) is 0.246. The number of nitrogens with one attached hydrogen (secondary N) is 2. The summed E-state index contributed by atoms with van der Waals surface area (Å²) in [6.45, 7) is 6.31. The largest absolute Gasteiger partial charge is 0.381 e. The van der Waals surface area contributed by atoms with E-state index in [0.717, 1.165) is 25.3 Å². The first-order chi connectivity index (χ1) is 10.7. The quantitative estimate of drug-likeness (QED) is 0.551. The second kappa shape index (κ2) is 6.94. The van der Waals surface area contributed by atoms with Gasteiger partial charge in [0.1, 0.15) is 0 Å². The Balaban J connectivity index is 1.79. The first-order valence-electron chi connectivity index (χ1n) is 8.13. The zero-order valence-corrected chi connectivity index (χ0v) is 15.6. The Labute approximate surface area is 139 Å². The van der Waals surface area contributed by atoms with Gasteiger partial charge in [-0.05, 0) is 18.8 Å². The van der Waals surface area contributed by atoms with Gasteiger partial charge in [0.2, 0.25) is 10.0 Å². The molecule has 0 radical (unpaired) electrons. The van der Waals surface area contributed by atoms with Crippen LogP contribution in [-0.4, -0.2) is 70.9 Å². The summed E-state index contributed by atoms with van der Waals surface area (Å²) in [4.78, 5) is 4.28. The number of hydrogen-bond donors (Lipinski definition) is 2. The Hall–Kier alpha value is -0.860. The number of sulfonamides is 1. The molecule has 0 aromatic carbocycles. The van der Waals surface area contributed by atoms with Crippen LogP contribution < -0.4 is 10.6 Å². The van der Waals surface area contributed by atoms with Gasteiger partial charge in [0.05, 0.1) is 12.4 Å². The third kappa shape index (κ3) is 4.16. The molecule has 0 aromatic rings. The second-order valence-corrected chi connectivity index (χ2v) is 9.19. The van der Waals surface area contributed by atoms with Gasteiger partial charge in [-0.25, -0.2) is 12.7 Å². The van der Waals surface area contributed by atoms with Crippen LogP contribution in [-0.2, 0) is 14.8 Å². The molecule has 2 fully saturated rings. The SMILES string of the molecule is CN=C(NCC1CCN(S(C)(=O)=O)C1)NC1CC(OC)C1(C)C. The number of aliphatic imine (C=N–C) groups is 1. The Morgan fingerprint density at radius 2 is 2.13 bits per heavy atom. The van der Waals surface area contributed by atoms with Gasteiger partial charge in [-0.2, -0.15) is 0 Å². The second-order valence-electron chi connectivity index (χ2n) is 7.21. The van der Waals surface area contributed by atoms with E-state index in [9.17, 15) is 8.42 Å². The molecule has 2 N–H and O–H groups in total. The zero-order valence-electron chi connectivity index (χ0n) is 14.8. The maximum Gasteiger partial charge on any atom is 0.211 e. The van der Waals surface area contributed by atoms with Crippen molar-refractivity contribution in [1.29, 1.82) is 0 Å². The fourth-order valence-electron chi connectivity index (χ4n) is 3.40. The zero-order chi connectivity index (χ0) is 17.3. The maximum absolute atomic E-state index is 11.6. The number of nitrogens with zero attached hydrogens (tertiary/aromatic N) is 2. The molecule has 7 nitrogen and oxygen atoms in total. The number of methoxy groups -OCH3 is 1. The first-order valence-corrected chi connectivity index (χ1v) is 9.98. The van der Waals surface area contributed by atoms with E-state index in [2.05, 4.69) is 29.5 Å². The van der Waals surface area contributed by atoms with Crippen LogP contribution in [0.15, 0.2) is 4.99 Å². The predicted molar refractivity (Wildman–Crippen MR) is 92.0 cm³/mol. The summed E-state index contributed by atoms with van der Waals surface area (Å²) in [5.74, 6) is 1.10. The Morgan fingerprint density at radius 1 is 1.43 bits per heavy atom. The van der Waals surface area contributed by atoms with Crippen LogP contribution in [0.4, 0.5) is 0 Å². The average molecular weight is 346 g/mol. The molecule has 1 heterocycles.